The lowest BCUT2D eigenvalue weighted by Gasteiger charge is -2.33. The molecule has 0 aliphatic carbocycles. The highest BCUT2D eigenvalue weighted by Crippen LogP contribution is 2.25. The van der Waals surface area contributed by atoms with Crippen molar-refractivity contribution in [2.24, 2.45) is 5.92 Å². The van der Waals surface area contributed by atoms with Crippen LogP contribution in [0.5, 0.6) is 0 Å². The number of benzene rings is 2. The maximum absolute atomic E-state index is 12.9. The molecule has 1 aliphatic heterocycles. The molecule has 3 rings (SSSR count). The van der Waals surface area contributed by atoms with Gasteiger partial charge < -0.3 is 10.2 Å². The fourth-order valence-electron chi connectivity index (χ4n) is 3.78. The lowest BCUT2D eigenvalue weighted by molar-refractivity contribution is -0.124. The van der Waals surface area contributed by atoms with E-state index in [1.807, 2.05) is 65.6 Å². The summed E-state index contributed by atoms with van der Waals surface area (Å²) in [4.78, 5) is 27.3. The number of nitrogens with zero attached hydrogens (tertiary/aromatic N) is 1. The maximum atomic E-state index is 12.9. The van der Waals surface area contributed by atoms with E-state index in [0.717, 1.165) is 24.0 Å². The van der Waals surface area contributed by atoms with E-state index in [1.54, 1.807) is 0 Å². The Morgan fingerprint density at radius 1 is 0.926 bits per heavy atom. The van der Waals surface area contributed by atoms with Crippen LogP contribution in [0.15, 0.2) is 60.7 Å². The number of likely N-dealkylation sites (tertiary alicyclic amines) is 1. The molecule has 1 heterocycles. The molecule has 1 saturated heterocycles. The standard InChI is InChI=1S/C23H28N2O2/c1-17(2)21(18-9-5-3-6-10-18)22(26)24-20-13-15-25(16-14-20)23(27)19-11-7-4-8-12-19/h3-12,17,20-21H,13-16H2,1-2H3,(H,24,26). The summed E-state index contributed by atoms with van der Waals surface area (Å²) in [6, 6.07) is 19.5. The smallest absolute Gasteiger partial charge is 0.253 e. The van der Waals surface area contributed by atoms with Crippen molar-refractivity contribution in [2.75, 3.05) is 13.1 Å². The van der Waals surface area contributed by atoms with Gasteiger partial charge in [-0.1, -0.05) is 62.4 Å². The molecule has 1 N–H and O–H groups in total. The van der Waals surface area contributed by atoms with Gasteiger partial charge in [0.25, 0.3) is 5.91 Å². The van der Waals surface area contributed by atoms with Crippen LogP contribution in [-0.2, 0) is 4.79 Å². The second kappa shape index (κ2) is 8.85. The Kier molecular flexibility index (Phi) is 6.28. The molecule has 27 heavy (non-hydrogen) atoms. The van der Waals surface area contributed by atoms with Gasteiger partial charge in [0.2, 0.25) is 5.91 Å². The van der Waals surface area contributed by atoms with Gasteiger partial charge in [0.1, 0.15) is 0 Å². The highest BCUT2D eigenvalue weighted by Gasteiger charge is 2.29. The summed E-state index contributed by atoms with van der Waals surface area (Å²) in [5.41, 5.74) is 1.78. The van der Waals surface area contributed by atoms with Gasteiger partial charge in [0.15, 0.2) is 0 Å². The predicted octanol–water partition coefficient (Wildman–Crippen LogP) is 3.85. The minimum Gasteiger partial charge on any atom is -0.353 e. The van der Waals surface area contributed by atoms with Crippen LogP contribution >= 0.6 is 0 Å². The molecular formula is C23H28N2O2. The topological polar surface area (TPSA) is 49.4 Å². The molecule has 0 saturated carbocycles. The lowest BCUT2D eigenvalue weighted by Crippen LogP contribution is -2.48. The summed E-state index contributed by atoms with van der Waals surface area (Å²) in [7, 11) is 0. The number of piperidine rings is 1. The van der Waals surface area contributed by atoms with Crippen LogP contribution in [0.25, 0.3) is 0 Å². The lowest BCUT2D eigenvalue weighted by atomic mass is 9.87. The molecule has 4 heteroatoms. The number of rotatable bonds is 5. The Labute approximate surface area is 161 Å². The van der Waals surface area contributed by atoms with Crippen molar-refractivity contribution in [2.45, 2.75) is 38.6 Å². The molecule has 4 nitrogen and oxygen atoms in total. The number of amides is 2. The van der Waals surface area contributed by atoms with E-state index in [9.17, 15) is 9.59 Å². The zero-order valence-electron chi connectivity index (χ0n) is 16.1. The average molecular weight is 364 g/mol. The van der Waals surface area contributed by atoms with Gasteiger partial charge >= 0.3 is 0 Å². The molecule has 1 fully saturated rings. The maximum Gasteiger partial charge on any atom is 0.253 e. The third-order valence-electron chi connectivity index (χ3n) is 5.26. The van der Waals surface area contributed by atoms with E-state index < -0.39 is 0 Å². The van der Waals surface area contributed by atoms with Gasteiger partial charge in [0.05, 0.1) is 5.92 Å². The minimum absolute atomic E-state index is 0.0738. The largest absolute Gasteiger partial charge is 0.353 e. The zero-order chi connectivity index (χ0) is 19.2. The van der Waals surface area contributed by atoms with Crippen molar-refractivity contribution in [3.63, 3.8) is 0 Å². The zero-order valence-corrected chi connectivity index (χ0v) is 16.1. The van der Waals surface area contributed by atoms with Crippen molar-refractivity contribution in [1.29, 1.82) is 0 Å². The third-order valence-corrected chi connectivity index (χ3v) is 5.26. The first kappa shape index (κ1) is 19.2. The van der Waals surface area contributed by atoms with E-state index >= 15 is 0 Å². The van der Waals surface area contributed by atoms with Crippen LogP contribution in [-0.4, -0.2) is 35.8 Å². The first-order valence-corrected chi connectivity index (χ1v) is 9.76. The summed E-state index contributed by atoms with van der Waals surface area (Å²) < 4.78 is 0. The molecule has 2 aromatic rings. The third kappa shape index (κ3) is 4.76. The van der Waals surface area contributed by atoms with Gasteiger partial charge in [-0.3, -0.25) is 9.59 Å². The van der Waals surface area contributed by atoms with E-state index in [-0.39, 0.29) is 29.7 Å². The van der Waals surface area contributed by atoms with Crippen LogP contribution in [0, 0.1) is 5.92 Å². The van der Waals surface area contributed by atoms with Crippen molar-refractivity contribution in [1.82, 2.24) is 10.2 Å². The summed E-state index contributed by atoms with van der Waals surface area (Å²) in [5.74, 6) is 0.246. The fraction of sp³-hybridized carbons (Fsp3) is 0.391. The van der Waals surface area contributed by atoms with Gasteiger partial charge in [-0.05, 0) is 36.5 Å². The van der Waals surface area contributed by atoms with Crippen molar-refractivity contribution >= 4 is 11.8 Å². The van der Waals surface area contributed by atoms with Crippen LogP contribution in [0.3, 0.4) is 0 Å². The Morgan fingerprint density at radius 3 is 2.04 bits per heavy atom. The summed E-state index contributed by atoms with van der Waals surface area (Å²) in [6.07, 6.45) is 1.59. The van der Waals surface area contributed by atoms with E-state index in [1.165, 1.54) is 0 Å². The predicted molar refractivity (Wildman–Crippen MR) is 108 cm³/mol. The van der Waals surface area contributed by atoms with Crippen molar-refractivity contribution in [3.8, 4) is 0 Å². The van der Waals surface area contributed by atoms with Crippen molar-refractivity contribution in [3.05, 3.63) is 71.8 Å². The fourth-order valence-corrected chi connectivity index (χ4v) is 3.78. The Balaban J connectivity index is 1.57. The summed E-state index contributed by atoms with van der Waals surface area (Å²) >= 11 is 0. The van der Waals surface area contributed by atoms with Gasteiger partial charge in [-0.15, -0.1) is 0 Å². The number of carbonyl (C=O) groups excluding carboxylic acids is 2. The van der Waals surface area contributed by atoms with Crippen LogP contribution in [0.2, 0.25) is 0 Å². The number of hydrogen-bond donors (Lipinski definition) is 1. The van der Waals surface area contributed by atoms with Gasteiger partial charge in [-0.2, -0.15) is 0 Å². The molecule has 2 aromatic carbocycles. The Morgan fingerprint density at radius 2 is 1.48 bits per heavy atom. The van der Waals surface area contributed by atoms with E-state index in [2.05, 4.69) is 19.2 Å². The molecule has 2 amide bonds. The molecule has 0 radical (unpaired) electrons. The average Bonchev–Trinajstić information content (AvgIpc) is 2.69. The quantitative estimate of drug-likeness (QED) is 0.876. The van der Waals surface area contributed by atoms with Crippen LogP contribution in [0.1, 0.15) is 48.5 Å². The molecule has 1 aliphatic rings. The van der Waals surface area contributed by atoms with Crippen molar-refractivity contribution < 1.29 is 9.59 Å². The second-order valence-corrected chi connectivity index (χ2v) is 7.57. The number of nitrogens with one attached hydrogen (secondary N) is 1. The van der Waals surface area contributed by atoms with Gasteiger partial charge in [0, 0.05) is 24.7 Å². The highest BCUT2D eigenvalue weighted by molar-refractivity contribution is 5.94. The van der Waals surface area contributed by atoms with E-state index in [0.29, 0.717) is 13.1 Å². The first-order valence-electron chi connectivity index (χ1n) is 9.76. The Bertz CT molecular complexity index is 750. The number of hydrogen-bond acceptors (Lipinski definition) is 2. The molecule has 0 spiro atoms. The summed E-state index contributed by atoms with van der Waals surface area (Å²) in [6.45, 7) is 5.52. The molecular weight excluding hydrogens is 336 g/mol. The first-order chi connectivity index (χ1) is 13.1. The second-order valence-electron chi connectivity index (χ2n) is 7.57. The monoisotopic (exact) mass is 364 g/mol. The van der Waals surface area contributed by atoms with Crippen LogP contribution in [0.4, 0.5) is 0 Å². The normalized spacial score (nSPS) is 16.2. The SMILES string of the molecule is CC(C)C(C(=O)NC1CCN(C(=O)c2ccccc2)CC1)c1ccccc1. The minimum atomic E-state index is -0.143. The Hall–Kier alpha value is -2.62. The van der Waals surface area contributed by atoms with E-state index in [4.69, 9.17) is 0 Å². The molecule has 1 unspecified atom stereocenters. The highest BCUT2D eigenvalue weighted by atomic mass is 16.2. The molecule has 1 atom stereocenters. The number of carbonyl (C=O) groups is 2. The molecule has 0 aromatic heterocycles. The molecule has 0 bridgehead atoms. The molecule has 142 valence electrons. The van der Waals surface area contributed by atoms with Crippen LogP contribution < -0.4 is 5.32 Å². The van der Waals surface area contributed by atoms with Gasteiger partial charge in [-0.25, -0.2) is 0 Å². The summed E-state index contributed by atoms with van der Waals surface area (Å²) in [5, 5.41) is 3.22.